The van der Waals surface area contributed by atoms with Crippen LogP contribution >= 0.6 is 0 Å². The minimum absolute atomic E-state index is 0.0101. The van der Waals surface area contributed by atoms with Gasteiger partial charge in [-0.2, -0.15) is 0 Å². The fourth-order valence-corrected chi connectivity index (χ4v) is 4.52. The summed E-state index contributed by atoms with van der Waals surface area (Å²) in [5.74, 6) is -0.354. The third kappa shape index (κ3) is 7.42. The van der Waals surface area contributed by atoms with Crippen LogP contribution in [0.4, 0.5) is 4.39 Å². The van der Waals surface area contributed by atoms with E-state index >= 15 is 0 Å². The topological polar surface area (TPSA) is 54.8 Å². The molecule has 1 fully saturated rings. The number of nitrogens with zero attached hydrogens (tertiary/aromatic N) is 3. The van der Waals surface area contributed by atoms with Crippen molar-refractivity contribution in [3.8, 4) is 0 Å². The second kappa shape index (κ2) is 12.5. The Morgan fingerprint density at radius 3 is 2.52 bits per heavy atom. The Kier molecular flexibility index (Phi) is 9.48. The van der Waals surface area contributed by atoms with Crippen LogP contribution in [0, 0.1) is 5.82 Å². The number of hydrogen-bond donors (Lipinski definition) is 0. The van der Waals surface area contributed by atoms with Crippen LogP contribution in [-0.2, 0) is 27.4 Å². The van der Waals surface area contributed by atoms with Crippen LogP contribution in [0.5, 0.6) is 0 Å². The SMILES string of the molecule is COCCCN(CC(=O)N(Cc1cccn1Cc1ccc(F)cc1)C1CCCCC1)C(C)=O. The zero-order valence-corrected chi connectivity index (χ0v) is 19.8. The van der Waals surface area contributed by atoms with Crippen molar-refractivity contribution >= 4 is 11.8 Å². The molecule has 2 amide bonds. The normalized spacial score (nSPS) is 14.3. The van der Waals surface area contributed by atoms with Crippen molar-refractivity contribution in [1.82, 2.24) is 14.4 Å². The summed E-state index contributed by atoms with van der Waals surface area (Å²) in [5, 5.41) is 0. The summed E-state index contributed by atoms with van der Waals surface area (Å²) in [4.78, 5) is 29.2. The lowest BCUT2D eigenvalue weighted by atomic mass is 9.94. The Morgan fingerprint density at radius 2 is 1.85 bits per heavy atom. The molecule has 1 aromatic carbocycles. The molecule has 0 radical (unpaired) electrons. The van der Waals surface area contributed by atoms with Crippen molar-refractivity contribution in [2.45, 2.75) is 64.6 Å². The maximum atomic E-state index is 13.5. The Morgan fingerprint density at radius 1 is 1.12 bits per heavy atom. The fraction of sp³-hybridized carbons (Fsp3) is 0.538. The summed E-state index contributed by atoms with van der Waals surface area (Å²) in [7, 11) is 1.63. The highest BCUT2D eigenvalue weighted by molar-refractivity contribution is 5.84. The number of benzene rings is 1. The lowest BCUT2D eigenvalue weighted by Crippen LogP contribution is -2.47. The second-order valence-electron chi connectivity index (χ2n) is 8.85. The Labute approximate surface area is 196 Å². The number of halogens is 1. The molecule has 1 aliphatic carbocycles. The summed E-state index contributed by atoms with van der Waals surface area (Å²) in [6.07, 6.45) is 8.13. The zero-order valence-electron chi connectivity index (χ0n) is 19.8. The minimum atomic E-state index is -0.249. The number of rotatable bonds is 11. The van der Waals surface area contributed by atoms with Gasteiger partial charge in [-0.25, -0.2) is 4.39 Å². The van der Waals surface area contributed by atoms with E-state index in [9.17, 15) is 14.0 Å². The molecule has 180 valence electrons. The molecule has 33 heavy (non-hydrogen) atoms. The molecule has 0 bridgehead atoms. The monoisotopic (exact) mass is 457 g/mol. The highest BCUT2D eigenvalue weighted by Gasteiger charge is 2.28. The molecule has 0 atom stereocenters. The molecule has 1 aromatic heterocycles. The summed E-state index contributed by atoms with van der Waals surface area (Å²) in [5.41, 5.74) is 2.04. The highest BCUT2D eigenvalue weighted by atomic mass is 19.1. The Bertz CT molecular complexity index is 890. The van der Waals surface area contributed by atoms with Gasteiger partial charge in [-0.15, -0.1) is 0 Å². The molecular formula is C26H36FN3O3. The number of hydrogen-bond acceptors (Lipinski definition) is 3. The van der Waals surface area contributed by atoms with Crippen molar-refractivity contribution < 1.29 is 18.7 Å². The lowest BCUT2D eigenvalue weighted by molar-refractivity contribution is -0.142. The third-order valence-electron chi connectivity index (χ3n) is 6.41. The van der Waals surface area contributed by atoms with Crippen LogP contribution in [0.3, 0.4) is 0 Å². The summed E-state index contributed by atoms with van der Waals surface area (Å²) < 4.78 is 20.5. The molecule has 1 heterocycles. The van der Waals surface area contributed by atoms with Crippen LogP contribution in [-0.4, -0.2) is 59.0 Å². The number of ether oxygens (including phenoxy) is 1. The quantitative estimate of drug-likeness (QED) is 0.475. The zero-order chi connectivity index (χ0) is 23.6. The number of methoxy groups -OCH3 is 1. The van der Waals surface area contributed by atoms with Crippen LogP contribution < -0.4 is 0 Å². The summed E-state index contributed by atoms with van der Waals surface area (Å²) >= 11 is 0. The van der Waals surface area contributed by atoms with E-state index in [2.05, 4.69) is 4.57 Å². The van der Waals surface area contributed by atoms with Crippen molar-refractivity contribution in [3.05, 3.63) is 59.7 Å². The van der Waals surface area contributed by atoms with E-state index < -0.39 is 0 Å². The van der Waals surface area contributed by atoms with Gasteiger partial charge in [0.2, 0.25) is 11.8 Å². The predicted octanol–water partition coefficient (Wildman–Crippen LogP) is 4.22. The van der Waals surface area contributed by atoms with E-state index in [1.54, 1.807) is 24.1 Å². The average molecular weight is 458 g/mol. The Hall–Kier alpha value is -2.67. The molecule has 0 saturated heterocycles. The molecule has 0 unspecified atom stereocenters. The first-order chi connectivity index (χ1) is 16.0. The van der Waals surface area contributed by atoms with Gasteiger partial charge in [0.15, 0.2) is 0 Å². The van der Waals surface area contributed by atoms with Gasteiger partial charge in [-0.05, 0) is 49.1 Å². The fourth-order valence-electron chi connectivity index (χ4n) is 4.52. The van der Waals surface area contributed by atoms with E-state index in [-0.39, 0.29) is 30.2 Å². The van der Waals surface area contributed by atoms with E-state index in [0.717, 1.165) is 36.9 Å². The number of carbonyl (C=O) groups is 2. The van der Waals surface area contributed by atoms with Gasteiger partial charge in [0.05, 0.1) is 13.1 Å². The molecule has 6 nitrogen and oxygen atoms in total. The molecule has 0 N–H and O–H groups in total. The first-order valence-electron chi connectivity index (χ1n) is 11.9. The standard InChI is InChI=1S/C26H36FN3O3/c1-21(31)28(16-7-17-33-2)20-26(32)30(24-8-4-3-5-9-24)19-25-10-6-15-29(25)18-22-11-13-23(27)14-12-22/h6,10-15,24H,3-5,7-9,16-20H2,1-2H3. The number of aromatic nitrogens is 1. The van der Waals surface area contributed by atoms with Gasteiger partial charge in [0.25, 0.3) is 0 Å². The van der Waals surface area contributed by atoms with Crippen molar-refractivity contribution in [3.63, 3.8) is 0 Å². The van der Waals surface area contributed by atoms with Crippen LogP contribution in [0.1, 0.15) is 56.7 Å². The maximum absolute atomic E-state index is 13.5. The van der Waals surface area contributed by atoms with E-state index in [0.29, 0.717) is 32.7 Å². The van der Waals surface area contributed by atoms with Crippen LogP contribution in [0.2, 0.25) is 0 Å². The van der Waals surface area contributed by atoms with E-state index in [4.69, 9.17) is 4.74 Å². The van der Waals surface area contributed by atoms with Crippen LogP contribution in [0.15, 0.2) is 42.6 Å². The van der Waals surface area contributed by atoms with Gasteiger partial charge in [-0.1, -0.05) is 31.4 Å². The molecule has 1 aliphatic rings. The van der Waals surface area contributed by atoms with E-state index in [1.807, 2.05) is 23.2 Å². The Balaban J connectivity index is 1.74. The summed E-state index contributed by atoms with van der Waals surface area (Å²) in [6, 6.07) is 10.7. The molecule has 3 rings (SSSR count). The van der Waals surface area contributed by atoms with Gasteiger partial charge in [-0.3, -0.25) is 9.59 Å². The van der Waals surface area contributed by atoms with Gasteiger partial charge in [0, 0.05) is 51.7 Å². The molecule has 0 spiro atoms. The lowest BCUT2D eigenvalue weighted by Gasteiger charge is -2.36. The maximum Gasteiger partial charge on any atom is 0.242 e. The van der Waals surface area contributed by atoms with Gasteiger partial charge < -0.3 is 19.1 Å². The predicted molar refractivity (Wildman–Crippen MR) is 126 cm³/mol. The largest absolute Gasteiger partial charge is 0.385 e. The molecule has 0 aliphatic heterocycles. The first-order valence-corrected chi connectivity index (χ1v) is 11.9. The van der Waals surface area contributed by atoms with Gasteiger partial charge >= 0.3 is 0 Å². The third-order valence-corrected chi connectivity index (χ3v) is 6.41. The first kappa shape index (κ1) is 25.0. The van der Waals surface area contributed by atoms with Crippen molar-refractivity contribution in [2.24, 2.45) is 0 Å². The minimum Gasteiger partial charge on any atom is -0.385 e. The highest BCUT2D eigenvalue weighted by Crippen LogP contribution is 2.25. The van der Waals surface area contributed by atoms with E-state index in [1.165, 1.54) is 25.5 Å². The van der Waals surface area contributed by atoms with Crippen LogP contribution in [0.25, 0.3) is 0 Å². The molecule has 7 heteroatoms. The second-order valence-corrected chi connectivity index (χ2v) is 8.85. The molecule has 2 aromatic rings. The smallest absolute Gasteiger partial charge is 0.242 e. The van der Waals surface area contributed by atoms with Gasteiger partial charge in [0.1, 0.15) is 5.82 Å². The summed E-state index contributed by atoms with van der Waals surface area (Å²) in [6.45, 7) is 3.79. The molecular weight excluding hydrogens is 421 g/mol. The average Bonchev–Trinajstić information content (AvgIpc) is 3.25. The number of carbonyl (C=O) groups excluding carboxylic acids is 2. The van der Waals surface area contributed by atoms with Crippen molar-refractivity contribution in [2.75, 3.05) is 26.8 Å². The number of amides is 2. The molecule has 1 saturated carbocycles. The van der Waals surface area contributed by atoms with Crippen molar-refractivity contribution in [1.29, 1.82) is 0 Å².